The molecule has 0 atom stereocenters. The lowest BCUT2D eigenvalue weighted by Gasteiger charge is -2.11. The summed E-state index contributed by atoms with van der Waals surface area (Å²) in [5, 5.41) is 0.724. The molecule has 0 aliphatic rings. The van der Waals surface area contributed by atoms with Gasteiger partial charge in [-0.25, -0.2) is 0 Å². The summed E-state index contributed by atoms with van der Waals surface area (Å²) in [7, 11) is 3.23. The molecule has 0 aliphatic carbocycles. The lowest BCUT2D eigenvalue weighted by molar-refractivity contribution is 0.354. The summed E-state index contributed by atoms with van der Waals surface area (Å²) in [4.78, 5) is 0. The maximum Gasteiger partial charge on any atom is 0.162 e. The minimum Gasteiger partial charge on any atom is -0.493 e. The van der Waals surface area contributed by atoms with E-state index < -0.39 is 0 Å². The van der Waals surface area contributed by atoms with E-state index in [-0.39, 0.29) is 0 Å². The first-order valence-electron chi connectivity index (χ1n) is 5.24. The maximum absolute atomic E-state index is 6.16. The lowest BCUT2D eigenvalue weighted by atomic mass is 10.1. The van der Waals surface area contributed by atoms with Crippen LogP contribution < -0.4 is 9.47 Å². The summed E-state index contributed by atoms with van der Waals surface area (Å²) >= 11 is 6.16. The fourth-order valence-corrected chi connectivity index (χ4v) is 1.74. The quantitative estimate of drug-likeness (QED) is 0.728. The maximum atomic E-state index is 6.16. The Labute approximate surface area is 102 Å². The van der Waals surface area contributed by atoms with Crippen molar-refractivity contribution in [1.29, 1.82) is 0 Å². The molecule has 0 aromatic heterocycles. The van der Waals surface area contributed by atoms with Crippen LogP contribution in [-0.4, -0.2) is 14.2 Å². The number of hydrogen-bond donors (Lipinski definition) is 0. The van der Waals surface area contributed by atoms with Gasteiger partial charge in [0.05, 0.1) is 14.2 Å². The van der Waals surface area contributed by atoms with Crippen LogP contribution in [-0.2, 0) is 6.42 Å². The lowest BCUT2D eigenvalue weighted by Crippen LogP contribution is -1.94. The summed E-state index contributed by atoms with van der Waals surface area (Å²) in [6.45, 7) is 2.01. The first kappa shape index (κ1) is 12.9. The summed E-state index contributed by atoms with van der Waals surface area (Å²) in [6.07, 6.45) is 6.04. The SMILES string of the molecule is C/C=C\CCc1cc(OC)c(OC)cc1Cl. The Bertz CT molecular complexity index is 372. The van der Waals surface area contributed by atoms with E-state index in [1.807, 2.05) is 19.1 Å². The molecule has 0 amide bonds. The van der Waals surface area contributed by atoms with Crippen LogP contribution in [0.25, 0.3) is 0 Å². The molecule has 0 N–H and O–H groups in total. The number of rotatable bonds is 5. The molecule has 0 bridgehead atoms. The minimum atomic E-state index is 0.669. The number of hydrogen-bond acceptors (Lipinski definition) is 2. The predicted octanol–water partition coefficient (Wildman–Crippen LogP) is 3.87. The average Bonchev–Trinajstić information content (AvgIpc) is 2.31. The van der Waals surface area contributed by atoms with Crippen molar-refractivity contribution < 1.29 is 9.47 Å². The van der Waals surface area contributed by atoms with Crippen LogP contribution in [0.3, 0.4) is 0 Å². The molecule has 2 nitrogen and oxygen atoms in total. The number of aryl methyl sites for hydroxylation is 1. The van der Waals surface area contributed by atoms with Gasteiger partial charge in [0.25, 0.3) is 0 Å². The second-order valence-electron chi connectivity index (χ2n) is 3.41. The van der Waals surface area contributed by atoms with Crippen molar-refractivity contribution in [3.05, 3.63) is 34.9 Å². The fraction of sp³-hybridized carbons (Fsp3) is 0.385. The summed E-state index contributed by atoms with van der Waals surface area (Å²) in [5.74, 6) is 1.39. The molecular formula is C13H17ClO2. The second kappa shape index (κ2) is 6.44. The van der Waals surface area contributed by atoms with E-state index in [2.05, 4.69) is 6.08 Å². The molecule has 0 aliphatic heterocycles. The summed E-state index contributed by atoms with van der Waals surface area (Å²) in [5.41, 5.74) is 1.08. The molecule has 1 aromatic rings. The molecule has 0 fully saturated rings. The van der Waals surface area contributed by atoms with Gasteiger partial charge in [-0.3, -0.25) is 0 Å². The van der Waals surface area contributed by atoms with Crippen LogP contribution in [0, 0.1) is 0 Å². The molecule has 1 aromatic carbocycles. The van der Waals surface area contributed by atoms with Crippen LogP contribution in [0.5, 0.6) is 11.5 Å². The number of methoxy groups -OCH3 is 2. The van der Waals surface area contributed by atoms with Gasteiger partial charge < -0.3 is 9.47 Å². The topological polar surface area (TPSA) is 18.5 Å². The van der Waals surface area contributed by atoms with E-state index in [1.54, 1.807) is 20.3 Å². The van der Waals surface area contributed by atoms with E-state index in [0.29, 0.717) is 5.75 Å². The van der Waals surface area contributed by atoms with Crippen molar-refractivity contribution in [3.8, 4) is 11.5 Å². The van der Waals surface area contributed by atoms with Gasteiger partial charge in [-0.1, -0.05) is 23.8 Å². The molecule has 0 radical (unpaired) electrons. The largest absolute Gasteiger partial charge is 0.493 e. The van der Waals surface area contributed by atoms with Crippen LogP contribution in [0.2, 0.25) is 5.02 Å². The predicted molar refractivity (Wildman–Crippen MR) is 67.7 cm³/mol. The van der Waals surface area contributed by atoms with Gasteiger partial charge in [0.15, 0.2) is 11.5 Å². The zero-order valence-electron chi connectivity index (χ0n) is 9.92. The van der Waals surface area contributed by atoms with E-state index in [1.165, 1.54) is 0 Å². The van der Waals surface area contributed by atoms with Gasteiger partial charge in [0.2, 0.25) is 0 Å². The Morgan fingerprint density at radius 1 is 1.19 bits per heavy atom. The number of ether oxygens (including phenoxy) is 2. The van der Waals surface area contributed by atoms with Crippen molar-refractivity contribution in [2.75, 3.05) is 14.2 Å². The Hall–Kier alpha value is -1.15. The van der Waals surface area contributed by atoms with Gasteiger partial charge >= 0.3 is 0 Å². The highest BCUT2D eigenvalue weighted by Gasteiger charge is 2.08. The summed E-state index contributed by atoms with van der Waals surface area (Å²) < 4.78 is 10.4. The molecule has 88 valence electrons. The molecule has 0 saturated carbocycles. The third-order valence-corrected chi connectivity index (χ3v) is 2.72. The van der Waals surface area contributed by atoms with Gasteiger partial charge in [0.1, 0.15) is 0 Å². The first-order valence-corrected chi connectivity index (χ1v) is 5.62. The van der Waals surface area contributed by atoms with Crippen molar-refractivity contribution in [1.82, 2.24) is 0 Å². The first-order chi connectivity index (χ1) is 7.72. The Balaban J connectivity index is 2.92. The van der Waals surface area contributed by atoms with Gasteiger partial charge in [-0.15, -0.1) is 0 Å². The smallest absolute Gasteiger partial charge is 0.162 e. The molecule has 0 spiro atoms. The van der Waals surface area contributed by atoms with Gasteiger partial charge in [-0.2, -0.15) is 0 Å². The Kier molecular flexibility index (Phi) is 5.20. The number of halogens is 1. The van der Waals surface area contributed by atoms with Crippen LogP contribution in [0.1, 0.15) is 18.9 Å². The molecule has 0 saturated heterocycles. The normalized spacial score (nSPS) is 10.8. The number of benzene rings is 1. The Morgan fingerprint density at radius 2 is 1.81 bits per heavy atom. The van der Waals surface area contributed by atoms with Crippen molar-refractivity contribution in [3.63, 3.8) is 0 Å². The second-order valence-corrected chi connectivity index (χ2v) is 3.81. The van der Waals surface area contributed by atoms with Gasteiger partial charge in [0, 0.05) is 11.1 Å². The molecular weight excluding hydrogens is 224 g/mol. The average molecular weight is 241 g/mol. The van der Waals surface area contributed by atoms with Gasteiger partial charge in [-0.05, 0) is 31.4 Å². The van der Waals surface area contributed by atoms with Crippen LogP contribution >= 0.6 is 11.6 Å². The van der Waals surface area contributed by atoms with E-state index >= 15 is 0 Å². The van der Waals surface area contributed by atoms with Crippen molar-refractivity contribution in [2.45, 2.75) is 19.8 Å². The van der Waals surface area contributed by atoms with E-state index in [4.69, 9.17) is 21.1 Å². The van der Waals surface area contributed by atoms with E-state index in [9.17, 15) is 0 Å². The van der Waals surface area contributed by atoms with Crippen LogP contribution in [0.15, 0.2) is 24.3 Å². The fourth-order valence-electron chi connectivity index (χ4n) is 1.49. The zero-order valence-corrected chi connectivity index (χ0v) is 10.7. The number of allylic oxidation sites excluding steroid dienone is 2. The minimum absolute atomic E-state index is 0.669. The molecule has 0 heterocycles. The molecule has 1 rings (SSSR count). The third-order valence-electron chi connectivity index (χ3n) is 2.37. The standard InChI is InChI=1S/C13H17ClO2/c1-4-5-6-7-10-8-12(15-2)13(16-3)9-11(10)14/h4-5,8-9H,6-7H2,1-3H3/b5-4-. The third kappa shape index (κ3) is 3.17. The highest BCUT2D eigenvalue weighted by atomic mass is 35.5. The highest BCUT2D eigenvalue weighted by molar-refractivity contribution is 6.31. The Morgan fingerprint density at radius 3 is 2.38 bits per heavy atom. The highest BCUT2D eigenvalue weighted by Crippen LogP contribution is 2.33. The zero-order chi connectivity index (χ0) is 12.0. The molecule has 3 heteroatoms. The van der Waals surface area contributed by atoms with Crippen molar-refractivity contribution in [2.24, 2.45) is 0 Å². The summed E-state index contributed by atoms with van der Waals surface area (Å²) in [6, 6.07) is 3.73. The van der Waals surface area contributed by atoms with E-state index in [0.717, 1.165) is 29.2 Å². The monoisotopic (exact) mass is 240 g/mol. The molecule has 16 heavy (non-hydrogen) atoms. The molecule has 0 unspecified atom stereocenters. The van der Waals surface area contributed by atoms with Crippen molar-refractivity contribution >= 4 is 11.6 Å². The van der Waals surface area contributed by atoms with Crippen LogP contribution in [0.4, 0.5) is 0 Å².